The lowest BCUT2D eigenvalue weighted by Crippen LogP contribution is -2.52. The standard InChI is InChI=1S/C25H25ClFN3O5/c1-12(31)10-29-23(34)20-15-5-7-28(11-13-2-3-18(27)17(26)8-13)22(33)19(15)21(32)24(35)30(20)25(29)6-4-14-9-16(14)25/h2-3,8,12,14,16,31-32H,4-7,9-11H2,1H3/t12-,14-,16+,25+/m0/s1. The van der Waals surface area contributed by atoms with Crippen LogP contribution in [-0.2, 0) is 18.6 Å². The minimum absolute atomic E-state index is 0.0599. The number of nitrogens with zero attached hydrogens (tertiary/aromatic N) is 3. The summed E-state index contributed by atoms with van der Waals surface area (Å²) in [5, 5.41) is 21.1. The molecule has 4 atom stereocenters. The number of amides is 2. The zero-order chi connectivity index (χ0) is 24.8. The Balaban J connectivity index is 1.45. The number of benzene rings is 1. The number of carbonyl (C=O) groups is 2. The number of fused-ring (bicyclic) bond motifs is 6. The third-order valence-electron chi connectivity index (χ3n) is 8.09. The van der Waals surface area contributed by atoms with Crippen LogP contribution in [0.5, 0.6) is 5.75 Å². The highest BCUT2D eigenvalue weighted by Crippen LogP contribution is 2.64. The van der Waals surface area contributed by atoms with Crippen molar-refractivity contribution >= 4 is 23.4 Å². The van der Waals surface area contributed by atoms with Gasteiger partial charge >= 0.3 is 0 Å². The lowest BCUT2D eigenvalue weighted by atomic mass is 9.95. The fraction of sp³-hybridized carbons (Fsp3) is 0.480. The molecule has 2 aromatic rings. The van der Waals surface area contributed by atoms with E-state index in [-0.39, 0.29) is 54.2 Å². The van der Waals surface area contributed by atoms with Gasteiger partial charge in [0, 0.05) is 31.1 Å². The molecule has 0 unspecified atom stereocenters. The maximum absolute atomic E-state index is 13.7. The van der Waals surface area contributed by atoms with E-state index >= 15 is 0 Å². The van der Waals surface area contributed by atoms with Crippen molar-refractivity contribution in [3.63, 3.8) is 0 Å². The molecule has 10 heteroatoms. The van der Waals surface area contributed by atoms with Gasteiger partial charge in [0.15, 0.2) is 5.75 Å². The van der Waals surface area contributed by atoms with Crippen LogP contribution in [-0.4, -0.2) is 55.6 Å². The Bertz CT molecular complexity index is 1360. The first-order valence-corrected chi connectivity index (χ1v) is 12.3. The SMILES string of the molecule is C[C@H](O)CN1C(=O)c2c3c(c(O)c(=O)n2[C@@]12CC[C@H]1C[C@H]12)C(=O)N(Cc1ccc(F)c(Cl)c1)CC3. The molecule has 8 nitrogen and oxygen atoms in total. The molecule has 6 rings (SSSR count). The lowest BCUT2D eigenvalue weighted by Gasteiger charge is -2.38. The molecule has 1 aromatic heterocycles. The van der Waals surface area contributed by atoms with Crippen LogP contribution in [0.15, 0.2) is 23.0 Å². The van der Waals surface area contributed by atoms with Gasteiger partial charge in [-0.25, -0.2) is 4.39 Å². The number of aromatic hydroxyl groups is 1. The van der Waals surface area contributed by atoms with Crippen LogP contribution in [0.4, 0.5) is 4.39 Å². The molecule has 0 bridgehead atoms. The predicted octanol–water partition coefficient (Wildman–Crippen LogP) is 2.46. The van der Waals surface area contributed by atoms with E-state index in [0.29, 0.717) is 23.5 Å². The monoisotopic (exact) mass is 501 g/mol. The molecule has 1 aromatic carbocycles. The summed E-state index contributed by atoms with van der Waals surface area (Å²) < 4.78 is 15.0. The second-order valence-corrected chi connectivity index (χ2v) is 10.6. The van der Waals surface area contributed by atoms with E-state index in [4.69, 9.17) is 11.6 Å². The van der Waals surface area contributed by atoms with Gasteiger partial charge in [0.1, 0.15) is 17.2 Å². The molecule has 2 fully saturated rings. The van der Waals surface area contributed by atoms with Crippen LogP contribution in [0.2, 0.25) is 5.02 Å². The summed E-state index contributed by atoms with van der Waals surface area (Å²) >= 11 is 5.88. The third kappa shape index (κ3) is 3.04. The van der Waals surface area contributed by atoms with E-state index in [0.717, 1.165) is 12.8 Å². The van der Waals surface area contributed by atoms with Gasteiger partial charge in [-0.15, -0.1) is 0 Å². The van der Waals surface area contributed by atoms with Gasteiger partial charge in [-0.3, -0.25) is 19.0 Å². The van der Waals surface area contributed by atoms with Crippen molar-refractivity contribution in [1.82, 2.24) is 14.4 Å². The van der Waals surface area contributed by atoms with Crippen LogP contribution >= 0.6 is 11.6 Å². The average molecular weight is 502 g/mol. The number of hydrogen-bond donors (Lipinski definition) is 2. The van der Waals surface area contributed by atoms with E-state index in [1.807, 2.05) is 0 Å². The predicted molar refractivity (Wildman–Crippen MR) is 124 cm³/mol. The molecule has 2 aliphatic heterocycles. The van der Waals surface area contributed by atoms with Crippen molar-refractivity contribution in [2.45, 2.75) is 50.9 Å². The van der Waals surface area contributed by atoms with Crippen LogP contribution < -0.4 is 5.56 Å². The number of hydrogen-bond acceptors (Lipinski definition) is 5. The second-order valence-electron chi connectivity index (χ2n) is 10.2. The van der Waals surface area contributed by atoms with Crippen molar-refractivity contribution in [1.29, 1.82) is 0 Å². The molecule has 2 amide bonds. The molecular formula is C25H25ClFN3O5. The zero-order valence-corrected chi connectivity index (χ0v) is 19.9. The van der Waals surface area contributed by atoms with Gasteiger partial charge in [-0.05, 0) is 56.2 Å². The number of aliphatic hydroxyl groups excluding tert-OH is 1. The molecule has 2 aliphatic carbocycles. The molecule has 0 radical (unpaired) electrons. The summed E-state index contributed by atoms with van der Waals surface area (Å²) in [6, 6.07) is 4.18. The number of pyridine rings is 1. The highest BCUT2D eigenvalue weighted by molar-refractivity contribution is 6.30. The van der Waals surface area contributed by atoms with E-state index < -0.39 is 34.8 Å². The Hall–Kier alpha value is -2.91. The molecule has 184 valence electrons. The fourth-order valence-electron chi connectivity index (χ4n) is 6.55. The number of aromatic nitrogens is 1. The second kappa shape index (κ2) is 7.54. The third-order valence-corrected chi connectivity index (χ3v) is 8.38. The molecule has 4 aliphatic rings. The maximum atomic E-state index is 13.7. The normalized spacial score (nSPS) is 27.3. The number of aliphatic hydroxyl groups is 1. The number of halogens is 2. The Kier molecular flexibility index (Phi) is 4.86. The van der Waals surface area contributed by atoms with Gasteiger partial charge in [-0.1, -0.05) is 17.7 Å². The smallest absolute Gasteiger partial charge is 0.296 e. The van der Waals surface area contributed by atoms with Crippen molar-refractivity contribution in [3.8, 4) is 5.75 Å². The largest absolute Gasteiger partial charge is 0.502 e. The van der Waals surface area contributed by atoms with Crippen molar-refractivity contribution in [2.24, 2.45) is 11.8 Å². The summed E-state index contributed by atoms with van der Waals surface area (Å²) in [7, 11) is 0. The van der Waals surface area contributed by atoms with Gasteiger partial charge in [-0.2, -0.15) is 0 Å². The molecule has 1 spiro atoms. The minimum atomic E-state index is -0.900. The van der Waals surface area contributed by atoms with Gasteiger partial charge < -0.3 is 20.0 Å². The topological polar surface area (TPSA) is 103 Å². The fourth-order valence-corrected chi connectivity index (χ4v) is 6.76. The first-order valence-electron chi connectivity index (χ1n) is 11.9. The Morgan fingerprint density at radius 3 is 2.66 bits per heavy atom. The summed E-state index contributed by atoms with van der Waals surface area (Å²) in [5.74, 6) is -1.64. The van der Waals surface area contributed by atoms with E-state index in [1.165, 1.54) is 27.7 Å². The minimum Gasteiger partial charge on any atom is -0.502 e. The van der Waals surface area contributed by atoms with Gasteiger partial charge in [0.25, 0.3) is 17.4 Å². The highest BCUT2D eigenvalue weighted by atomic mass is 35.5. The van der Waals surface area contributed by atoms with Crippen molar-refractivity contribution < 1.29 is 24.2 Å². The van der Waals surface area contributed by atoms with Gasteiger partial charge in [0.05, 0.1) is 16.7 Å². The summed E-state index contributed by atoms with van der Waals surface area (Å²) in [5.41, 5.74) is -0.644. The van der Waals surface area contributed by atoms with E-state index in [9.17, 15) is 29.0 Å². The van der Waals surface area contributed by atoms with E-state index in [2.05, 4.69) is 0 Å². The molecular weight excluding hydrogens is 477 g/mol. The first-order chi connectivity index (χ1) is 16.6. The lowest BCUT2D eigenvalue weighted by molar-refractivity contribution is 0.00469. The van der Waals surface area contributed by atoms with Crippen LogP contribution in [0.1, 0.15) is 58.2 Å². The molecule has 35 heavy (non-hydrogen) atoms. The molecule has 2 saturated carbocycles. The zero-order valence-electron chi connectivity index (χ0n) is 19.1. The Morgan fingerprint density at radius 1 is 1.26 bits per heavy atom. The Morgan fingerprint density at radius 2 is 2.03 bits per heavy atom. The van der Waals surface area contributed by atoms with Crippen LogP contribution in [0, 0.1) is 17.7 Å². The van der Waals surface area contributed by atoms with Gasteiger partial charge in [0.2, 0.25) is 0 Å². The summed E-state index contributed by atoms with van der Waals surface area (Å²) in [4.78, 5) is 43.8. The van der Waals surface area contributed by atoms with Crippen LogP contribution in [0.3, 0.4) is 0 Å². The van der Waals surface area contributed by atoms with Crippen LogP contribution in [0.25, 0.3) is 0 Å². The van der Waals surface area contributed by atoms with E-state index in [1.54, 1.807) is 11.8 Å². The summed E-state index contributed by atoms with van der Waals surface area (Å²) in [6.45, 7) is 2.05. The van der Waals surface area contributed by atoms with Crippen molar-refractivity contribution in [3.05, 3.63) is 61.8 Å². The summed E-state index contributed by atoms with van der Waals surface area (Å²) in [6.07, 6.45) is 1.82. The molecule has 2 N–H and O–H groups in total. The van der Waals surface area contributed by atoms with Crippen molar-refractivity contribution in [2.75, 3.05) is 13.1 Å². The Labute approximate surface area is 205 Å². The highest BCUT2D eigenvalue weighted by Gasteiger charge is 2.67. The number of β-amino-alcohol motifs (C(OH)–C–C–N with tert-alkyl or cyclic N) is 1. The number of rotatable bonds is 4. The first kappa shape index (κ1) is 22.5. The average Bonchev–Trinajstić information content (AvgIpc) is 3.46. The number of carbonyl (C=O) groups excluding carboxylic acids is 2. The molecule has 0 saturated heterocycles. The maximum Gasteiger partial charge on any atom is 0.296 e. The quantitative estimate of drug-likeness (QED) is 0.670. The molecule has 3 heterocycles.